The van der Waals surface area contributed by atoms with Gasteiger partial charge in [0.15, 0.2) is 5.96 Å². The van der Waals surface area contributed by atoms with E-state index in [-0.39, 0.29) is 12.1 Å². The van der Waals surface area contributed by atoms with Crippen molar-refractivity contribution in [3.8, 4) is 0 Å². The maximum atomic E-state index is 9.62. The Morgan fingerprint density at radius 1 is 1.27 bits per heavy atom. The maximum absolute atomic E-state index is 9.62. The highest BCUT2D eigenvalue weighted by molar-refractivity contribution is 6.30. The largest absolute Gasteiger partial charge is 0.393 e. The van der Waals surface area contributed by atoms with E-state index in [9.17, 15) is 5.11 Å². The van der Waals surface area contributed by atoms with Gasteiger partial charge in [-0.2, -0.15) is 5.10 Å². The summed E-state index contributed by atoms with van der Waals surface area (Å²) in [7, 11) is 0. The van der Waals surface area contributed by atoms with Crippen LogP contribution in [0.2, 0.25) is 5.02 Å². The van der Waals surface area contributed by atoms with Crippen LogP contribution in [0.1, 0.15) is 37.8 Å². The van der Waals surface area contributed by atoms with E-state index in [1.807, 2.05) is 41.2 Å². The van der Waals surface area contributed by atoms with E-state index in [2.05, 4.69) is 27.6 Å². The SMILES string of the molecule is CCNC(=NCC(c1ccc(Cl)cc1)n1cccn1)NCCCN1CCC(O)CC1. The number of aliphatic imine (C=N–C) groups is 1. The molecule has 30 heavy (non-hydrogen) atoms. The van der Waals surface area contributed by atoms with Crippen LogP contribution in [0.25, 0.3) is 0 Å². The third-order valence-corrected chi connectivity index (χ3v) is 5.62. The van der Waals surface area contributed by atoms with Crippen molar-refractivity contribution in [1.82, 2.24) is 25.3 Å². The van der Waals surface area contributed by atoms with E-state index in [0.717, 1.165) is 68.5 Å². The Hall–Kier alpha value is -2.09. The van der Waals surface area contributed by atoms with Crippen LogP contribution in [0.3, 0.4) is 0 Å². The second-order valence-electron chi connectivity index (χ2n) is 7.63. The monoisotopic (exact) mass is 432 g/mol. The van der Waals surface area contributed by atoms with Crippen molar-refractivity contribution in [2.45, 2.75) is 38.3 Å². The Balaban J connectivity index is 1.55. The molecule has 0 spiro atoms. The highest BCUT2D eigenvalue weighted by atomic mass is 35.5. The molecule has 164 valence electrons. The lowest BCUT2D eigenvalue weighted by atomic mass is 10.1. The molecule has 2 heterocycles. The maximum Gasteiger partial charge on any atom is 0.191 e. The molecule has 8 heteroatoms. The van der Waals surface area contributed by atoms with Crippen molar-refractivity contribution in [2.24, 2.45) is 4.99 Å². The van der Waals surface area contributed by atoms with Gasteiger partial charge < -0.3 is 20.6 Å². The molecule has 1 fully saturated rings. The average Bonchev–Trinajstić information content (AvgIpc) is 3.28. The van der Waals surface area contributed by atoms with Gasteiger partial charge in [-0.25, -0.2) is 0 Å². The Morgan fingerprint density at radius 2 is 2.03 bits per heavy atom. The quantitative estimate of drug-likeness (QED) is 0.322. The van der Waals surface area contributed by atoms with Crippen LogP contribution < -0.4 is 10.6 Å². The number of hydrogen-bond acceptors (Lipinski definition) is 4. The number of aliphatic hydroxyl groups is 1. The molecule has 0 amide bonds. The molecular formula is C22H33ClN6O. The Morgan fingerprint density at radius 3 is 2.70 bits per heavy atom. The molecule has 0 saturated carbocycles. The summed E-state index contributed by atoms with van der Waals surface area (Å²) < 4.78 is 1.93. The lowest BCUT2D eigenvalue weighted by molar-refractivity contribution is 0.0823. The first-order valence-electron chi connectivity index (χ1n) is 10.8. The second-order valence-corrected chi connectivity index (χ2v) is 8.06. The van der Waals surface area contributed by atoms with Gasteiger partial charge in [-0.15, -0.1) is 0 Å². The van der Waals surface area contributed by atoms with Crippen LogP contribution in [-0.4, -0.2) is 71.1 Å². The summed E-state index contributed by atoms with van der Waals surface area (Å²) in [5.41, 5.74) is 1.12. The second kappa shape index (κ2) is 11.9. The number of aliphatic hydroxyl groups excluding tert-OH is 1. The first-order valence-corrected chi connectivity index (χ1v) is 11.2. The molecule has 3 rings (SSSR count). The molecule has 1 aromatic heterocycles. The van der Waals surface area contributed by atoms with Gasteiger partial charge in [-0.3, -0.25) is 9.67 Å². The van der Waals surface area contributed by atoms with Gasteiger partial charge in [0.1, 0.15) is 0 Å². The number of nitrogens with zero attached hydrogens (tertiary/aromatic N) is 4. The van der Waals surface area contributed by atoms with E-state index in [0.29, 0.717) is 6.54 Å². The summed E-state index contributed by atoms with van der Waals surface area (Å²) >= 11 is 6.06. The highest BCUT2D eigenvalue weighted by Gasteiger charge is 2.16. The fraction of sp³-hybridized carbons (Fsp3) is 0.545. The lowest BCUT2D eigenvalue weighted by Crippen LogP contribution is -2.40. The zero-order chi connectivity index (χ0) is 21.2. The fourth-order valence-electron chi connectivity index (χ4n) is 3.66. The molecule has 1 aromatic carbocycles. The standard InChI is InChI=1S/C22H33ClN6O/c1-2-24-22(25-11-3-13-28-15-9-20(30)10-16-28)26-17-21(29-14-4-12-27-29)18-5-7-19(23)8-6-18/h4-8,12,14,20-21,30H,2-3,9-11,13,15-17H2,1H3,(H2,24,25,26). The number of hydrogen-bond donors (Lipinski definition) is 3. The van der Waals surface area contributed by atoms with Crippen molar-refractivity contribution < 1.29 is 5.11 Å². The molecule has 1 aliphatic rings. The number of aromatic nitrogens is 2. The third-order valence-electron chi connectivity index (χ3n) is 5.37. The zero-order valence-electron chi connectivity index (χ0n) is 17.7. The first-order chi connectivity index (χ1) is 14.7. The van der Waals surface area contributed by atoms with Crippen molar-refractivity contribution in [3.05, 3.63) is 53.3 Å². The van der Waals surface area contributed by atoms with Gasteiger partial charge >= 0.3 is 0 Å². The molecular weight excluding hydrogens is 400 g/mol. The highest BCUT2D eigenvalue weighted by Crippen LogP contribution is 2.20. The summed E-state index contributed by atoms with van der Waals surface area (Å²) in [6.45, 7) is 7.33. The van der Waals surface area contributed by atoms with Gasteiger partial charge in [0, 0.05) is 43.6 Å². The van der Waals surface area contributed by atoms with Gasteiger partial charge in [0.05, 0.1) is 18.7 Å². The van der Waals surface area contributed by atoms with Crippen molar-refractivity contribution in [1.29, 1.82) is 0 Å². The molecule has 0 bridgehead atoms. The smallest absolute Gasteiger partial charge is 0.191 e. The van der Waals surface area contributed by atoms with Gasteiger partial charge in [0.25, 0.3) is 0 Å². The summed E-state index contributed by atoms with van der Waals surface area (Å²) in [6.07, 6.45) is 6.45. The van der Waals surface area contributed by atoms with Crippen molar-refractivity contribution in [2.75, 3.05) is 39.3 Å². The predicted octanol–water partition coefficient (Wildman–Crippen LogP) is 2.53. The minimum Gasteiger partial charge on any atom is -0.393 e. The molecule has 1 atom stereocenters. The van der Waals surface area contributed by atoms with E-state index in [1.165, 1.54) is 0 Å². The van der Waals surface area contributed by atoms with Crippen LogP contribution in [0, 0.1) is 0 Å². The Kier molecular flexibility index (Phi) is 8.99. The van der Waals surface area contributed by atoms with Crippen LogP contribution in [0.5, 0.6) is 0 Å². The normalized spacial score (nSPS) is 17.1. The number of nitrogens with one attached hydrogen (secondary N) is 2. The van der Waals surface area contributed by atoms with Gasteiger partial charge in [0.2, 0.25) is 0 Å². The minimum absolute atomic E-state index is 0.00694. The molecule has 2 aromatic rings. The molecule has 1 saturated heterocycles. The molecule has 0 radical (unpaired) electrons. The van der Waals surface area contributed by atoms with Crippen molar-refractivity contribution in [3.63, 3.8) is 0 Å². The van der Waals surface area contributed by atoms with Gasteiger partial charge in [-0.05, 0) is 56.5 Å². The zero-order valence-corrected chi connectivity index (χ0v) is 18.4. The Bertz CT molecular complexity index is 756. The number of likely N-dealkylation sites (tertiary alicyclic amines) is 1. The summed E-state index contributed by atoms with van der Waals surface area (Å²) in [4.78, 5) is 7.24. The average molecular weight is 433 g/mol. The number of benzene rings is 1. The summed E-state index contributed by atoms with van der Waals surface area (Å²) in [5.74, 6) is 0.817. The molecule has 3 N–H and O–H groups in total. The Labute approximate surface area is 184 Å². The number of piperidine rings is 1. The number of rotatable bonds is 9. The van der Waals surface area contributed by atoms with Crippen LogP contribution in [0.15, 0.2) is 47.7 Å². The van der Waals surface area contributed by atoms with E-state index in [1.54, 1.807) is 6.20 Å². The number of halogens is 1. The summed E-state index contributed by atoms with van der Waals surface area (Å²) in [5, 5.41) is 21.5. The topological polar surface area (TPSA) is 77.7 Å². The molecule has 1 unspecified atom stereocenters. The fourth-order valence-corrected chi connectivity index (χ4v) is 3.79. The third kappa shape index (κ3) is 7.00. The molecule has 1 aliphatic heterocycles. The van der Waals surface area contributed by atoms with E-state index in [4.69, 9.17) is 16.6 Å². The predicted molar refractivity (Wildman–Crippen MR) is 122 cm³/mol. The first kappa shape index (κ1) is 22.6. The van der Waals surface area contributed by atoms with E-state index >= 15 is 0 Å². The van der Waals surface area contributed by atoms with Crippen LogP contribution in [0.4, 0.5) is 0 Å². The van der Waals surface area contributed by atoms with Crippen molar-refractivity contribution >= 4 is 17.6 Å². The molecule has 0 aliphatic carbocycles. The van der Waals surface area contributed by atoms with E-state index < -0.39 is 0 Å². The summed E-state index contributed by atoms with van der Waals surface area (Å²) in [6, 6.07) is 9.79. The number of guanidine groups is 1. The van der Waals surface area contributed by atoms with Gasteiger partial charge in [-0.1, -0.05) is 23.7 Å². The van der Waals surface area contributed by atoms with Crippen LogP contribution >= 0.6 is 11.6 Å². The minimum atomic E-state index is -0.116. The van der Waals surface area contributed by atoms with Crippen LogP contribution in [-0.2, 0) is 0 Å². The molecule has 7 nitrogen and oxygen atoms in total. The lowest BCUT2D eigenvalue weighted by Gasteiger charge is -2.29.